The third-order valence-electron chi connectivity index (χ3n) is 5.88. The molecule has 148 valence electrons. The minimum Gasteiger partial charge on any atom is -0.342 e. The second-order valence-corrected chi connectivity index (χ2v) is 8.64. The molecule has 0 spiro atoms. The van der Waals surface area contributed by atoms with E-state index in [1.165, 1.54) is 0 Å². The lowest BCUT2D eigenvalue weighted by molar-refractivity contribution is -0.130. The minimum atomic E-state index is 0.0562. The first-order valence-electron chi connectivity index (χ1n) is 9.77. The molecular weight excluding hydrogens is 374 g/mol. The van der Waals surface area contributed by atoms with E-state index in [9.17, 15) is 14.4 Å². The van der Waals surface area contributed by atoms with Crippen LogP contribution in [0, 0.1) is 0 Å². The Balaban J connectivity index is 1.65. The average Bonchev–Trinajstić information content (AvgIpc) is 3.32. The molecule has 1 aromatic carbocycles. The summed E-state index contributed by atoms with van der Waals surface area (Å²) in [7, 11) is 0. The van der Waals surface area contributed by atoms with E-state index in [4.69, 9.17) is 0 Å². The first kappa shape index (κ1) is 18.9. The van der Waals surface area contributed by atoms with Crippen LogP contribution in [0.3, 0.4) is 0 Å². The Morgan fingerprint density at radius 3 is 2.18 bits per heavy atom. The summed E-state index contributed by atoms with van der Waals surface area (Å²) in [6.07, 6.45) is 0.888. The molecule has 0 N–H and O–H groups in total. The number of rotatable bonds is 2. The molecule has 1 aromatic heterocycles. The Bertz CT molecular complexity index is 930. The van der Waals surface area contributed by atoms with Crippen molar-refractivity contribution in [1.82, 2.24) is 14.7 Å². The van der Waals surface area contributed by atoms with Crippen LogP contribution < -0.4 is 0 Å². The fourth-order valence-corrected chi connectivity index (χ4v) is 5.54. The number of benzene rings is 1. The van der Waals surface area contributed by atoms with Crippen LogP contribution in [0.2, 0.25) is 0 Å². The highest BCUT2D eigenvalue weighted by molar-refractivity contribution is 7.21. The van der Waals surface area contributed by atoms with Crippen molar-refractivity contribution < 1.29 is 14.4 Å². The number of fused-ring (bicyclic) bond motifs is 1. The van der Waals surface area contributed by atoms with Crippen molar-refractivity contribution in [2.45, 2.75) is 26.2 Å². The molecule has 2 aliphatic heterocycles. The van der Waals surface area contributed by atoms with E-state index >= 15 is 0 Å². The largest absolute Gasteiger partial charge is 0.342 e. The van der Waals surface area contributed by atoms with Crippen molar-refractivity contribution in [3.8, 4) is 0 Å². The van der Waals surface area contributed by atoms with Gasteiger partial charge >= 0.3 is 0 Å². The quantitative estimate of drug-likeness (QED) is 0.780. The van der Waals surface area contributed by atoms with Crippen LogP contribution in [0.5, 0.6) is 0 Å². The van der Waals surface area contributed by atoms with Gasteiger partial charge in [-0.05, 0) is 23.4 Å². The summed E-state index contributed by atoms with van der Waals surface area (Å²) in [5.41, 5.74) is 1.10. The summed E-state index contributed by atoms with van der Waals surface area (Å²) in [6.45, 7) is 6.90. The molecule has 0 aliphatic carbocycles. The van der Waals surface area contributed by atoms with Gasteiger partial charge in [0, 0.05) is 63.7 Å². The number of hydrogen-bond acceptors (Lipinski definition) is 4. The zero-order valence-corrected chi connectivity index (χ0v) is 17.1. The number of likely N-dealkylation sites (tertiary alicyclic amines) is 1. The summed E-state index contributed by atoms with van der Waals surface area (Å²) in [4.78, 5) is 43.1. The molecule has 1 atom stereocenters. The molecule has 6 nitrogen and oxygen atoms in total. The summed E-state index contributed by atoms with van der Waals surface area (Å²) >= 11 is 1.55. The third kappa shape index (κ3) is 3.39. The first-order chi connectivity index (χ1) is 13.5. The highest BCUT2D eigenvalue weighted by Gasteiger charge is 2.33. The lowest BCUT2D eigenvalue weighted by atomic mass is 9.94. The van der Waals surface area contributed by atoms with Crippen LogP contribution in [-0.2, 0) is 9.59 Å². The highest BCUT2D eigenvalue weighted by atomic mass is 32.1. The number of carbonyl (C=O) groups is 3. The van der Waals surface area contributed by atoms with Crippen LogP contribution >= 0.6 is 11.3 Å². The number of carbonyl (C=O) groups excluding carboxylic acids is 3. The van der Waals surface area contributed by atoms with Gasteiger partial charge < -0.3 is 14.7 Å². The lowest BCUT2D eigenvalue weighted by Crippen LogP contribution is -2.50. The molecule has 4 rings (SSSR count). The molecule has 2 aliphatic rings. The molecule has 7 heteroatoms. The molecule has 0 radical (unpaired) electrons. The zero-order chi connectivity index (χ0) is 19.8. The van der Waals surface area contributed by atoms with Gasteiger partial charge in [0.2, 0.25) is 11.8 Å². The Morgan fingerprint density at radius 1 is 0.893 bits per heavy atom. The van der Waals surface area contributed by atoms with Gasteiger partial charge in [0.05, 0.1) is 4.88 Å². The maximum atomic E-state index is 13.4. The smallest absolute Gasteiger partial charge is 0.264 e. The summed E-state index contributed by atoms with van der Waals surface area (Å²) in [5.74, 6) is 0.401. The standard InChI is InChI=1S/C21H25N3O3S/c1-14(25)22-9-11-23(12-10-22)21(27)20-19(16-7-8-24(13-16)15(2)26)17-5-3-4-6-18(17)28-20/h3-6,16H,7-13H2,1-2H3/t16-/m0/s1. The van der Waals surface area contributed by atoms with Crippen molar-refractivity contribution >= 4 is 39.1 Å². The first-order valence-corrected chi connectivity index (χ1v) is 10.6. The second-order valence-electron chi connectivity index (χ2n) is 7.59. The van der Waals surface area contributed by atoms with Crippen molar-refractivity contribution in [1.29, 1.82) is 0 Å². The molecule has 2 aromatic rings. The van der Waals surface area contributed by atoms with Gasteiger partial charge in [-0.2, -0.15) is 0 Å². The molecule has 0 bridgehead atoms. The van der Waals surface area contributed by atoms with E-state index in [0.717, 1.165) is 33.5 Å². The van der Waals surface area contributed by atoms with E-state index < -0.39 is 0 Å². The molecular formula is C21H25N3O3S. The molecule has 28 heavy (non-hydrogen) atoms. The van der Waals surface area contributed by atoms with Crippen molar-refractivity contribution in [2.24, 2.45) is 0 Å². The normalized spacial score (nSPS) is 20.1. The fraction of sp³-hybridized carbons (Fsp3) is 0.476. The monoisotopic (exact) mass is 399 g/mol. The number of hydrogen-bond donors (Lipinski definition) is 0. The average molecular weight is 400 g/mol. The SMILES string of the molecule is CC(=O)N1CCN(C(=O)c2sc3ccccc3c2[C@H]2CCN(C(C)=O)C2)CC1. The summed E-state index contributed by atoms with van der Waals surface area (Å²) in [6, 6.07) is 8.16. The Morgan fingerprint density at radius 2 is 1.54 bits per heavy atom. The Hall–Kier alpha value is -2.41. The van der Waals surface area contributed by atoms with Crippen LogP contribution in [0.25, 0.3) is 10.1 Å². The van der Waals surface area contributed by atoms with E-state index in [2.05, 4.69) is 12.1 Å². The van der Waals surface area contributed by atoms with Crippen LogP contribution in [0.1, 0.15) is 41.4 Å². The number of piperazine rings is 1. The van der Waals surface area contributed by atoms with Gasteiger partial charge in [-0.25, -0.2) is 0 Å². The maximum absolute atomic E-state index is 13.4. The van der Waals surface area contributed by atoms with Crippen molar-refractivity contribution in [2.75, 3.05) is 39.3 Å². The van der Waals surface area contributed by atoms with E-state index in [-0.39, 0.29) is 23.6 Å². The third-order valence-corrected chi connectivity index (χ3v) is 7.06. The van der Waals surface area contributed by atoms with E-state index in [0.29, 0.717) is 32.7 Å². The minimum absolute atomic E-state index is 0.0562. The van der Waals surface area contributed by atoms with Gasteiger partial charge in [0.1, 0.15) is 0 Å². The predicted molar refractivity (Wildman–Crippen MR) is 110 cm³/mol. The molecule has 0 saturated carbocycles. The van der Waals surface area contributed by atoms with Crippen LogP contribution in [0.4, 0.5) is 0 Å². The van der Waals surface area contributed by atoms with Gasteiger partial charge in [0.15, 0.2) is 0 Å². The summed E-state index contributed by atoms with van der Waals surface area (Å²) in [5, 5.41) is 1.13. The summed E-state index contributed by atoms with van der Waals surface area (Å²) < 4.78 is 1.12. The highest BCUT2D eigenvalue weighted by Crippen LogP contribution is 2.40. The van der Waals surface area contributed by atoms with Crippen LogP contribution in [-0.4, -0.2) is 71.7 Å². The lowest BCUT2D eigenvalue weighted by Gasteiger charge is -2.34. The van der Waals surface area contributed by atoms with Crippen molar-refractivity contribution in [3.63, 3.8) is 0 Å². The number of nitrogens with zero attached hydrogens (tertiary/aromatic N) is 3. The molecule has 0 unspecified atom stereocenters. The predicted octanol–water partition coefficient (Wildman–Crippen LogP) is 2.54. The van der Waals surface area contributed by atoms with Gasteiger partial charge in [0.25, 0.3) is 5.91 Å². The molecule has 3 amide bonds. The number of thiophene rings is 1. The van der Waals surface area contributed by atoms with Crippen LogP contribution in [0.15, 0.2) is 24.3 Å². The second kappa shape index (κ2) is 7.54. The van der Waals surface area contributed by atoms with Gasteiger partial charge in [-0.15, -0.1) is 11.3 Å². The topological polar surface area (TPSA) is 60.9 Å². The van der Waals surface area contributed by atoms with Crippen molar-refractivity contribution in [3.05, 3.63) is 34.7 Å². The Labute approximate surface area is 168 Å². The Kier molecular flexibility index (Phi) is 5.10. The van der Waals surface area contributed by atoms with Gasteiger partial charge in [-0.3, -0.25) is 14.4 Å². The van der Waals surface area contributed by atoms with E-state index in [1.54, 1.807) is 30.1 Å². The molecule has 2 fully saturated rings. The zero-order valence-electron chi connectivity index (χ0n) is 16.3. The van der Waals surface area contributed by atoms with Gasteiger partial charge in [-0.1, -0.05) is 18.2 Å². The fourth-order valence-electron chi connectivity index (χ4n) is 4.28. The maximum Gasteiger partial charge on any atom is 0.264 e. The van der Waals surface area contributed by atoms with E-state index in [1.807, 2.05) is 21.9 Å². The molecule has 2 saturated heterocycles. The number of amides is 3. The molecule has 3 heterocycles.